The van der Waals surface area contributed by atoms with E-state index < -0.39 is 0 Å². The summed E-state index contributed by atoms with van der Waals surface area (Å²) in [5, 5.41) is 0. The van der Waals surface area contributed by atoms with Gasteiger partial charge in [0.25, 0.3) is 0 Å². The molecule has 2 aromatic rings. The van der Waals surface area contributed by atoms with Crippen LogP contribution in [-0.2, 0) is 7.05 Å². The van der Waals surface area contributed by atoms with Crippen LogP contribution in [0.5, 0.6) is 0 Å². The SMILES string of the molecule is Cc1ccnc(C)n1.Cc1nccn1C. The summed E-state index contributed by atoms with van der Waals surface area (Å²) < 4.78 is 1.97. The van der Waals surface area contributed by atoms with Crippen molar-refractivity contribution in [1.29, 1.82) is 0 Å². The van der Waals surface area contributed by atoms with Crippen molar-refractivity contribution in [3.05, 3.63) is 42.0 Å². The number of aryl methyl sites for hydroxylation is 4. The van der Waals surface area contributed by atoms with Gasteiger partial charge in [-0.2, -0.15) is 0 Å². The highest BCUT2D eigenvalue weighted by molar-refractivity contribution is 4.97. The first-order valence-electron chi connectivity index (χ1n) is 4.80. The summed E-state index contributed by atoms with van der Waals surface area (Å²) in [6.45, 7) is 5.81. The molecule has 0 aliphatic carbocycles. The maximum Gasteiger partial charge on any atom is 0.125 e. The minimum atomic E-state index is 0.838. The molecule has 15 heavy (non-hydrogen) atoms. The lowest BCUT2D eigenvalue weighted by Gasteiger charge is -1.89. The van der Waals surface area contributed by atoms with Gasteiger partial charge in [0.15, 0.2) is 0 Å². The van der Waals surface area contributed by atoms with Crippen molar-refractivity contribution >= 4 is 0 Å². The van der Waals surface area contributed by atoms with E-state index in [0.717, 1.165) is 17.3 Å². The number of aromatic nitrogens is 4. The predicted molar refractivity (Wildman–Crippen MR) is 59.5 cm³/mol. The number of nitrogens with zero attached hydrogens (tertiary/aromatic N) is 4. The molecule has 80 valence electrons. The van der Waals surface area contributed by atoms with Gasteiger partial charge in [-0.05, 0) is 26.8 Å². The summed E-state index contributed by atoms with van der Waals surface area (Å²) in [4.78, 5) is 12.0. The van der Waals surface area contributed by atoms with Gasteiger partial charge in [0.1, 0.15) is 11.6 Å². The Balaban J connectivity index is 0.000000151. The molecule has 0 aromatic carbocycles. The molecule has 0 bridgehead atoms. The van der Waals surface area contributed by atoms with Crippen LogP contribution in [0.4, 0.5) is 0 Å². The van der Waals surface area contributed by atoms with Gasteiger partial charge in [-0.3, -0.25) is 0 Å². The number of hydrogen-bond acceptors (Lipinski definition) is 3. The molecule has 4 nitrogen and oxygen atoms in total. The van der Waals surface area contributed by atoms with Gasteiger partial charge in [0.05, 0.1) is 0 Å². The summed E-state index contributed by atoms with van der Waals surface area (Å²) >= 11 is 0. The van der Waals surface area contributed by atoms with Crippen LogP contribution in [-0.4, -0.2) is 19.5 Å². The second-order valence-electron chi connectivity index (χ2n) is 3.33. The lowest BCUT2D eigenvalue weighted by Crippen LogP contribution is -1.86. The van der Waals surface area contributed by atoms with E-state index in [-0.39, 0.29) is 0 Å². The molecule has 2 heterocycles. The molecule has 2 aromatic heterocycles. The van der Waals surface area contributed by atoms with Crippen LogP contribution >= 0.6 is 0 Å². The molecule has 0 saturated heterocycles. The summed E-state index contributed by atoms with van der Waals surface area (Å²) in [6, 6.07) is 1.88. The second kappa shape index (κ2) is 5.24. The minimum absolute atomic E-state index is 0.838. The molecule has 0 aliphatic heterocycles. The smallest absolute Gasteiger partial charge is 0.125 e. The van der Waals surface area contributed by atoms with Gasteiger partial charge >= 0.3 is 0 Å². The molecule has 0 spiro atoms. The van der Waals surface area contributed by atoms with E-state index in [1.54, 1.807) is 12.4 Å². The Morgan fingerprint density at radius 3 is 2.07 bits per heavy atom. The fourth-order valence-corrected chi connectivity index (χ4v) is 1.01. The van der Waals surface area contributed by atoms with Gasteiger partial charge < -0.3 is 4.57 Å². The van der Waals surface area contributed by atoms with Crippen molar-refractivity contribution < 1.29 is 0 Å². The molecule has 4 heteroatoms. The molecule has 0 atom stereocenters. The minimum Gasteiger partial charge on any atom is -0.338 e. The molecule has 0 amide bonds. The van der Waals surface area contributed by atoms with Crippen molar-refractivity contribution in [2.45, 2.75) is 20.8 Å². The van der Waals surface area contributed by atoms with Gasteiger partial charge in [-0.1, -0.05) is 0 Å². The van der Waals surface area contributed by atoms with Crippen molar-refractivity contribution in [3.63, 3.8) is 0 Å². The molecule has 2 rings (SSSR count). The number of hydrogen-bond donors (Lipinski definition) is 0. The Labute approximate surface area is 90.0 Å². The van der Waals surface area contributed by atoms with E-state index >= 15 is 0 Å². The molecular weight excluding hydrogens is 188 g/mol. The van der Waals surface area contributed by atoms with Crippen molar-refractivity contribution in [2.75, 3.05) is 0 Å². The Morgan fingerprint density at radius 1 is 1.07 bits per heavy atom. The van der Waals surface area contributed by atoms with E-state index in [0.29, 0.717) is 0 Å². The molecule has 0 fully saturated rings. The molecule has 0 radical (unpaired) electrons. The van der Waals surface area contributed by atoms with Crippen molar-refractivity contribution in [1.82, 2.24) is 19.5 Å². The third-order valence-electron chi connectivity index (χ3n) is 1.98. The van der Waals surface area contributed by atoms with Gasteiger partial charge in [0.2, 0.25) is 0 Å². The molecule has 0 aliphatic rings. The topological polar surface area (TPSA) is 43.6 Å². The highest BCUT2D eigenvalue weighted by Crippen LogP contribution is 1.89. The second-order valence-corrected chi connectivity index (χ2v) is 3.33. The van der Waals surface area contributed by atoms with Crippen LogP contribution in [0.2, 0.25) is 0 Å². The molecule has 0 N–H and O–H groups in total. The van der Waals surface area contributed by atoms with Crippen LogP contribution in [0.15, 0.2) is 24.7 Å². The average molecular weight is 204 g/mol. The van der Waals surface area contributed by atoms with Gasteiger partial charge in [0, 0.05) is 31.3 Å². The monoisotopic (exact) mass is 204 g/mol. The highest BCUT2D eigenvalue weighted by atomic mass is 15.0. The fraction of sp³-hybridized carbons (Fsp3) is 0.364. The lowest BCUT2D eigenvalue weighted by atomic mass is 10.4. The Morgan fingerprint density at radius 2 is 1.80 bits per heavy atom. The van der Waals surface area contributed by atoms with Crippen molar-refractivity contribution in [2.24, 2.45) is 7.05 Å². The summed E-state index contributed by atoms with van der Waals surface area (Å²) in [7, 11) is 1.97. The highest BCUT2D eigenvalue weighted by Gasteiger charge is 1.84. The largest absolute Gasteiger partial charge is 0.338 e. The summed E-state index contributed by atoms with van der Waals surface area (Å²) in [5.74, 6) is 1.89. The fourth-order valence-electron chi connectivity index (χ4n) is 1.01. The Bertz CT molecular complexity index is 386. The zero-order chi connectivity index (χ0) is 11.3. The van der Waals surface area contributed by atoms with E-state index in [9.17, 15) is 0 Å². The van der Waals surface area contributed by atoms with Crippen LogP contribution in [0, 0.1) is 20.8 Å². The first-order valence-corrected chi connectivity index (χ1v) is 4.80. The normalized spacial score (nSPS) is 9.33. The van der Waals surface area contributed by atoms with Crippen molar-refractivity contribution in [3.8, 4) is 0 Å². The molecule has 0 unspecified atom stereocenters. The predicted octanol–water partition coefficient (Wildman–Crippen LogP) is 1.82. The summed E-state index contributed by atoms with van der Waals surface area (Å²) in [5.41, 5.74) is 1.03. The zero-order valence-electron chi connectivity index (χ0n) is 9.60. The quantitative estimate of drug-likeness (QED) is 0.657. The van der Waals surface area contributed by atoms with Crippen LogP contribution in [0.3, 0.4) is 0 Å². The first-order chi connectivity index (χ1) is 7.09. The average Bonchev–Trinajstić information content (AvgIpc) is 2.51. The maximum absolute atomic E-state index is 4.06. The third-order valence-corrected chi connectivity index (χ3v) is 1.98. The molecule has 0 saturated carbocycles. The summed E-state index contributed by atoms with van der Waals surface area (Å²) in [6.07, 6.45) is 5.47. The van der Waals surface area contributed by atoms with Crippen LogP contribution in [0.25, 0.3) is 0 Å². The lowest BCUT2D eigenvalue weighted by molar-refractivity contribution is 0.858. The van der Waals surface area contributed by atoms with Gasteiger partial charge in [-0.25, -0.2) is 15.0 Å². The van der Waals surface area contributed by atoms with E-state index in [4.69, 9.17) is 0 Å². The van der Waals surface area contributed by atoms with E-state index in [1.807, 2.05) is 44.6 Å². The number of rotatable bonds is 0. The Kier molecular flexibility index (Phi) is 3.97. The standard InChI is InChI=1S/C6H8N2.C5H8N2/c1-5-3-4-7-6(2)8-5;1-5-6-3-4-7(5)2/h3-4H,1-2H3;3-4H,1-2H3. The molecular formula is C11H16N4. The maximum atomic E-state index is 4.06. The van der Waals surface area contributed by atoms with E-state index in [2.05, 4.69) is 15.0 Å². The van der Waals surface area contributed by atoms with Gasteiger partial charge in [-0.15, -0.1) is 0 Å². The van der Waals surface area contributed by atoms with Crippen LogP contribution < -0.4 is 0 Å². The number of imidazole rings is 1. The van der Waals surface area contributed by atoms with Crippen LogP contribution in [0.1, 0.15) is 17.3 Å². The zero-order valence-corrected chi connectivity index (χ0v) is 9.60. The Hall–Kier alpha value is -1.71. The first kappa shape index (κ1) is 11.4. The van der Waals surface area contributed by atoms with E-state index in [1.165, 1.54) is 0 Å². The third kappa shape index (κ3) is 3.89.